The molecule has 0 amide bonds. The number of hydrogen-bond acceptors (Lipinski definition) is 4. The summed E-state index contributed by atoms with van der Waals surface area (Å²) in [7, 11) is -3.91. The van der Waals surface area contributed by atoms with E-state index in [9.17, 15) is 12.8 Å². The van der Waals surface area contributed by atoms with Crippen LogP contribution in [0.15, 0.2) is 33.8 Å². The summed E-state index contributed by atoms with van der Waals surface area (Å²) < 4.78 is 40.7. The van der Waals surface area contributed by atoms with Gasteiger partial charge >= 0.3 is 0 Å². The molecule has 1 aromatic heterocycles. The fourth-order valence-corrected chi connectivity index (χ4v) is 3.39. The van der Waals surface area contributed by atoms with Gasteiger partial charge in [0.15, 0.2) is 0 Å². The van der Waals surface area contributed by atoms with Crippen LogP contribution in [0.4, 0.5) is 15.8 Å². The molecule has 0 atom stereocenters. The van der Waals surface area contributed by atoms with Crippen molar-refractivity contribution in [1.29, 1.82) is 0 Å². The molecule has 1 heterocycles. The van der Waals surface area contributed by atoms with E-state index < -0.39 is 15.8 Å². The summed E-state index contributed by atoms with van der Waals surface area (Å²) in [4.78, 5) is 3.71. The number of nitrogens with two attached hydrogens (primary N) is 1. The van der Waals surface area contributed by atoms with Gasteiger partial charge in [-0.1, -0.05) is 11.6 Å². The number of nitrogens with one attached hydrogen (secondary N) is 1. The molecule has 1 aromatic carbocycles. The fraction of sp³-hybridized carbons (Fsp3) is 0.0833. The van der Waals surface area contributed by atoms with Crippen LogP contribution >= 0.6 is 27.5 Å². The number of pyridine rings is 1. The first-order valence-corrected chi connectivity index (χ1v) is 8.25. The van der Waals surface area contributed by atoms with Crippen molar-refractivity contribution in [3.63, 3.8) is 0 Å². The van der Waals surface area contributed by atoms with Crippen molar-refractivity contribution in [2.75, 3.05) is 10.5 Å². The van der Waals surface area contributed by atoms with Crippen LogP contribution in [-0.4, -0.2) is 13.4 Å². The van der Waals surface area contributed by atoms with E-state index in [-0.39, 0.29) is 27.0 Å². The van der Waals surface area contributed by atoms with E-state index in [1.165, 1.54) is 19.2 Å². The molecule has 5 nitrogen and oxygen atoms in total. The highest BCUT2D eigenvalue weighted by atomic mass is 79.9. The Morgan fingerprint density at radius 2 is 2.05 bits per heavy atom. The van der Waals surface area contributed by atoms with Crippen molar-refractivity contribution in [2.24, 2.45) is 0 Å². The highest BCUT2D eigenvalue weighted by molar-refractivity contribution is 9.10. The Kier molecular flexibility index (Phi) is 4.40. The lowest BCUT2D eigenvalue weighted by atomic mass is 10.2. The van der Waals surface area contributed by atoms with Gasteiger partial charge < -0.3 is 5.73 Å². The van der Waals surface area contributed by atoms with E-state index in [0.717, 1.165) is 12.1 Å². The third-order valence-electron chi connectivity index (χ3n) is 2.63. The van der Waals surface area contributed by atoms with Gasteiger partial charge in [0.1, 0.15) is 11.0 Å². The van der Waals surface area contributed by atoms with Gasteiger partial charge in [-0.05, 0) is 46.6 Å². The van der Waals surface area contributed by atoms with Crippen molar-refractivity contribution < 1.29 is 12.8 Å². The van der Waals surface area contributed by atoms with Crippen molar-refractivity contribution >= 4 is 48.9 Å². The maximum absolute atomic E-state index is 13.3. The van der Waals surface area contributed by atoms with Gasteiger partial charge in [-0.3, -0.25) is 4.72 Å². The summed E-state index contributed by atoms with van der Waals surface area (Å²) in [5.74, 6) is -0.664. The molecule has 21 heavy (non-hydrogen) atoms. The zero-order valence-corrected chi connectivity index (χ0v) is 13.9. The number of benzene rings is 1. The van der Waals surface area contributed by atoms with Crippen LogP contribution in [0.25, 0.3) is 0 Å². The summed E-state index contributed by atoms with van der Waals surface area (Å²) in [6.45, 7) is 1.48. The Balaban J connectivity index is 2.43. The second kappa shape index (κ2) is 5.78. The number of nitrogen functional groups attached to an aromatic ring is 1. The van der Waals surface area contributed by atoms with Crippen LogP contribution in [0.2, 0.25) is 5.15 Å². The van der Waals surface area contributed by atoms with Gasteiger partial charge in [0.05, 0.1) is 26.9 Å². The standard InChI is InChI=1S/C12H10BrClFN3O2S/c1-6-2-9(15)10(16)4-11(6)21(19,20)18-7-3-8(13)12(14)17-5-7/h2-5,18H,16H2,1H3. The zero-order valence-electron chi connectivity index (χ0n) is 10.7. The topological polar surface area (TPSA) is 85.1 Å². The van der Waals surface area contributed by atoms with Crippen molar-refractivity contribution in [3.8, 4) is 0 Å². The number of aryl methyl sites for hydroxylation is 1. The van der Waals surface area contributed by atoms with Gasteiger partial charge in [0.2, 0.25) is 0 Å². The molecule has 0 fully saturated rings. The molecule has 0 aliphatic rings. The Bertz CT molecular complexity index is 814. The van der Waals surface area contributed by atoms with Gasteiger partial charge in [-0.25, -0.2) is 17.8 Å². The van der Waals surface area contributed by atoms with E-state index in [4.69, 9.17) is 17.3 Å². The maximum Gasteiger partial charge on any atom is 0.262 e. The zero-order chi connectivity index (χ0) is 15.8. The molecular formula is C12H10BrClFN3O2S. The minimum atomic E-state index is -3.91. The van der Waals surface area contributed by atoms with Crippen molar-refractivity contribution in [2.45, 2.75) is 11.8 Å². The number of hydrogen-bond donors (Lipinski definition) is 2. The molecule has 0 aliphatic carbocycles. The Labute approximate surface area is 134 Å². The van der Waals surface area contributed by atoms with Crippen molar-refractivity contribution in [1.82, 2.24) is 4.98 Å². The average molecular weight is 395 g/mol. The van der Waals surface area contributed by atoms with Crippen molar-refractivity contribution in [3.05, 3.63) is 45.4 Å². The second-order valence-corrected chi connectivity index (χ2v) is 7.10. The summed E-state index contributed by atoms with van der Waals surface area (Å²) in [6.07, 6.45) is 1.27. The first-order chi connectivity index (χ1) is 9.70. The third-order valence-corrected chi connectivity index (χ3v) is 5.29. The molecule has 9 heteroatoms. The molecule has 112 valence electrons. The predicted molar refractivity (Wildman–Crippen MR) is 83.3 cm³/mol. The molecule has 0 saturated heterocycles. The van der Waals surface area contributed by atoms with Gasteiger partial charge in [0, 0.05) is 0 Å². The van der Waals surface area contributed by atoms with Crippen LogP contribution in [0.1, 0.15) is 5.56 Å². The Morgan fingerprint density at radius 1 is 1.38 bits per heavy atom. The minimum Gasteiger partial charge on any atom is -0.396 e. The molecule has 0 aliphatic heterocycles. The monoisotopic (exact) mass is 393 g/mol. The predicted octanol–water partition coefficient (Wildman–Crippen LogP) is 3.33. The molecule has 2 rings (SSSR count). The normalized spacial score (nSPS) is 11.4. The van der Waals surface area contributed by atoms with Crippen LogP contribution in [0.5, 0.6) is 0 Å². The van der Waals surface area contributed by atoms with Crippen LogP contribution in [0.3, 0.4) is 0 Å². The summed E-state index contributed by atoms with van der Waals surface area (Å²) in [6, 6.07) is 3.61. The number of rotatable bonds is 3. The Morgan fingerprint density at radius 3 is 2.67 bits per heavy atom. The van der Waals surface area contributed by atoms with E-state index in [1.807, 2.05) is 0 Å². The quantitative estimate of drug-likeness (QED) is 0.618. The number of aromatic nitrogens is 1. The first kappa shape index (κ1) is 16.0. The van der Waals surface area contributed by atoms with E-state index in [1.54, 1.807) is 0 Å². The molecule has 0 spiro atoms. The van der Waals surface area contributed by atoms with E-state index >= 15 is 0 Å². The lowest BCUT2D eigenvalue weighted by Crippen LogP contribution is -2.15. The molecule has 0 unspecified atom stereocenters. The number of anilines is 2. The molecule has 0 bridgehead atoms. The molecule has 3 N–H and O–H groups in total. The highest BCUT2D eigenvalue weighted by Crippen LogP contribution is 2.26. The molecular weight excluding hydrogens is 385 g/mol. The van der Waals surface area contributed by atoms with E-state index in [2.05, 4.69) is 25.6 Å². The Hall–Kier alpha value is -1.38. The van der Waals surface area contributed by atoms with Crippen LogP contribution in [-0.2, 0) is 10.0 Å². The SMILES string of the molecule is Cc1cc(F)c(N)cc1S(=O)(=O)Nc1cnc(Cl)c(Br)c1. The van der Waals surface area contributed by atoms with Crippen LogP contribution < -0.4 is 10.5 Å². The van der Waals surface area contributed by atoms with E-state index in [0.29, 0.717) is 4.47 Å². The summed E-state index contributed by atoms with van der Waals surface area (Å²) in [5, 5.41) is 0.208. The lowest BCUT2D eigenvalue weighted by Gasteiger charge is -2.11. The van der Waals surface area contributed by atoms with Crippen LogP contribution in [0, 0.1) is 12.7 Å². The molecule has 0 radical (unpaired) electrons. The minimum absolute atomic E-state index is 0.104. The number of halogens is 3. The number of sulfonamides is 1. The highest BCUT2D eigenvalue weighted by Gasteiger charge is 2.19. The molecule has 2 aromatic rings. The third kappa shape index (κ3) is 3.45. The lowest BCUT2D eigenvalue weighted by molar-refractivity contribution is 0.599. The van der Waals surface area contributed by atoms with Gasteiger partial charge in [-0.2, -0.15) is 0 Å². The fourth-order valence-electron chi connectivity index (χ4n) is 1.65. The smallest absolute Gasteiger partial charge is 0.262 e. The van der Waals surface area contributed by atoms with Gasteiger partial charge in [0.25, 0.3) is 10.0 Å². The second-order valence-electron chi connectivity index (χ2n) is 4.24. The van der Waals surface area contributed by atoms with Gasteiger partial charge in [-0.15, -0.1) is 0 Å². The summed E-state index contributed by atoms with van der Waals surface area (Å²) in [5.41, 5.74) is 5.64. The average Bonchev–Trinajstić information content (AvgIpc) is 2.37. The first-order valence-electron chi connectivity index (χ1n) is 5.60. The maximum atomic E-state index is 13.3. The molecule has 0 saturated carbocycles. The summed E-state index contributed by atoms with van der Waals surface area (Å²) >= 11 is 8.89. The number of nitrogens with zero attached hydrogens (tertiary/aromatic N) is 1. The largest absolute Gasteiger partial charge is 0.396 e.